The summed E-state index contributed by atoms with van der Waals surface area (Å²) < 4.78 is 0. The third-order valence-electron chi connectivity index (χ3n) is 5.51. The van der Waals surface area contributed by atoms with Crippen molar-refractivity contribution < 1.29 is 0 Å². The van der Waals surface area contributed by atoms with Gasteiger partial charge in [-0.25, -0.2) is 0 Å². The molecule has 4 rings (SSSR count). The van der Waals surface area contributed by atoms with E-state index in [0.29, 0.717) is 0 Å². The van der Waals surface area contributed by atoms with E-state index in [0.717, 1.165) is 5.69 Å². The van der Waals surface area contributed by atoms with Crippen LogP contribution in [0, 0.1) is 0 Å². The Hall–Kier alpha value is -2.41. The Morgan fingerprint density at radius 3 is 2.28 bits per heavy atom. The standard InChI is InChI=1S/C24H25N/c1-23(2,3)17-12-13-25-22(15-17)16-10-11-21-19(14-16)18-8-6-7-9-20(18)24(21,4)5/h6-15H,1-5H3. The van der Waals surface area contributed by atoms with Crippen molar-refractivity contribution in [2.45, 2.75) is 45.4 Å². The summed E-state index contributed by atoms with van der Waals surface area (Å²) in [6.07, 6.45) is 1.93. The SMILES string of the molecule is CC(C)(C)c1ccnc(-c2ccc3c(c2)-c2ccccc2C3(C)C)c1. The Labute approximate surface area is 150 Å². The highest BCUT2D eigenvalue weighted by atomic mass is 14.7. The third kappa shape index (κ3) is 2.50. The molecule has 126 valence electrons. The summed E-state index contributed by atoms with van der Waals surface area (Å²) in [5.74, 6) is 0. The highest BCUT2D eigenvalue weighted by Crippen LogP contribution is 2.49. The Bertz CT molecular complexity index is 958. The molecule has 0 radical (unpaired) electrons. The molecular weight excluding hydrogens is 302 g/mol. The molecule has 0 N–H and O–H groups in total. The maximum atomic E-state index is 4.64. The normalized spacial score (nSPS) is 14.9. The van der Waals surface area contributed by atoms with Crippen molar-refractivity contribution in [1.29, 1.82) is 0 Å². The number of rotatable bonds is 1. The smallest absolute Gasteiger partial charge is 0.0705 e. The van der Waals surface area contributed by atoms with Gasteiger partial charge in [-0.1, -0.05) is 71.0 Å². The van der Waals surface area contributed by atoms with E-state index >= 15 is 0 Å². The van der Waals surface area contributed by atoms with Crippen LogP contribution in [-0.2, 0) is 10.8 Å². The number of aromatic nitrogens is 1. The quantitative estimate of drug-likeness (QED) is 0.507. The van der Waals surface area contributed by atoms with Crippen molar-refractivity contribution in [1.82, 2.24) is 4.98 Å². The molecule has 1 heteroatoms. The molecule has 0 unspecified atom stereocenters. The molecule has 0 bridgehead atoms. The first-order valence-corrected chi connectivity index (χ1v) is 9.00. The molecule has 3 aromatic rings. The van der Waals surface area contributed by atoms with Gasteiger partial charge in [0.2, 0.25) is 0 Å². The summed E-state index contributed by atoms with van der Waals surface area (Å²) in [7, 11) is 0. The first kappa shape index (κ1) is 16.1. The molecule has 0 fully saturated rings. The zero-order chi connectivity index (χ0) is 17.8. The second kappa shape index (κ2) is 5.29. The first-order valence-electron chi connectivity index (χ1n) is 9.00. The summed E-state index contributed by atoms with van der Waals surface area (Å²) >= 11 is 0. The van der Waals surface area contributed by atoms with Crippen LogP contribution in [0.2, 0.25) is 0 Å². The molecule has 1 nitrogen and oxygen atoms in total. The number of nitrogens with zero attached hydrogens (tertiary/aromatic N) is 1. The summed E-state index contributed by atoms with van der Waals surface area (Å²) in [4.78, 5) is 4.64. The van der Waals surface area contributed by atoms with Gasteiger partial charge in [0.25, 0.3) is 0 Å². The van der Waals surface area contributed by atoms with Crippen LogP contribution in [0.25, 0.3) is 22.4 Å². The van der Waals surface area contributed by atoms with Gasteiger partial charge in [0.05, 0.1) is 5.69 Å². The van der Waals surface area contributed by atoms with Gasteiger partial charge in [-0.15, -0.1) is 0 Å². The van der Waals surface area contributed by atoms with Crippen molar-refractivity contribution >= 4 is 0 Å². The lowest BCUT2D eigenvalue weighted by molar-refractivity contribution is 0.589. The minimum atomic E-state index is 0.0607. The van der Waals surface area contributed by atoms with Gasteiger partial charge in [-0.3, -0.25) is 4.98 Å². The maximum Gasteiger partial charge on any atom is 0.0705 e. The summed E-state index contributed by atoms with van der Waals surface area (Å²) in [6, 6.07) is 20.0. The van der Waals surface area contributed by atoms with E-state index in [1.54, 1.807) is 0 Å². The molecular formula is C24H25N. The maximum absolute atomic E-state index is 4.64. The minimum absolute atomic E-state index is 0.0607. The monoisotopic (exact) mass is 327 g/mol. The number of benzene rings is 2. The lowest BCUT2D eigenvalue weighted by Crippen LogP contribution is -2.14. The van der Waals surface area contributed by atoms with E-state index in [1.807, 2.05) is 6.20 Å². The molecule has 25 heavy (non-hydrogen) atoms. The number of fused-ring (bicyclic) bond motifs is 3. The van der Waals surface area contributed by atoms with E-state index in [1.165, 1.54) is 33.4 Å². The summed E-state index contributed by atoms with van der Waals surface area (Å²) in [6.45, 7) is 11.4. The second-order valence-electron chi connectivity index (χ2n) is 8.61. The van der Waals surface area contributed by atoms with E-state index < -0.39 is 0 Å². The van der Waals surface area contributed by atoms with Crippen LogP contribution in [-0.4, -0.2) is 4.98 Å². The topological polar surface area (TPSA) is 12.9 Å². The Balaban J connectivity index is 1.88. The third-order valence-corrected chi connectivity index (χ3v) is 5.51. The van der Waals surface area contributed by atoms with Crippen molar-refractivity contribution in [3.8, 4) is 22.4 Å². The van der Waals surface area contributed by atoms with E-state index in [9.17, 15) is 0 Å². The molecule has 1 aliphatic rings. The molecule has 0 aliphatic heterocycles. The van der Waals surface area contributed by atoms with Crippen molar-refractivity contribution in [2.24, 2.45) is 0 Å². The van der Waals surface area contributed by atoms with E-state index in [-0.39, 0.29) is 10.8 Å². The molecule has 0 spiro atoms. The van der Waals surface area contributed by atoms with Gasteiger partial charge in [0.15, 0.2) is 0 Å². The largest absolute Gasteiger partial charge is 0.256 e. The van der Waals surface area contributed by atoms with Gasteiger partial charge in [-0.2, -0.15) is 0 Å². The lowest BCUT2D eigenvalue weighted by Gasteiger charge is -2.21. The molecule has 2 aromatic carbocycles. The van der Waals surface area contributed by atoms with E-state index in [4.69, 9.17) is 0 Å². The minimum Gasteiger partial charge on any atom is -0.256 e. The molecule has 1 aromatic heterocycles. The van der Waals surface area contributed by atoms with Crippen molar-refractivity contribution in [3.05, 3.63) is 77.5 Å². The van der Waals surface area contributed by atoms with Crippen LogP contribution >= 0.6 is 0 Å². The van der Waals surface area contributed by atoms with Crippen molar-refractivity contribution in [3.63, 3.8) is 0 Å². The van der Waals surface area contributed by atoms with Crippen LogP contribution in [0.1, 0.15) is 51.3 Å². The van der Waals surface area contributed by atoms with Gasteiger partial charge in [-0.05, 0) is 51.4 Å². The van der Waals surface area contributed by atoms with Gasteiger partial charge in [0, 0.05) is 17.2 Å². The Morgan fingerprint density at radius 2 is 1.52 bits per heavy atom. The fourth-order valence-electron chi connectivity index (χ4n) is 3.93. The average molecular weight is 327 g/mol. The average Bonchev–Trinajstić information content (AvgIpc) is 2.82. The zero-order valence-corrected chi connectivity index (χ0v) is 15.7. The predicted molar refractivity (Wildman–Crippen MR) is 106 cm³/mol. The van der Waals surface area contributed by atoms with Gasteiger partial charge < -0.3 is 0 Å². The highest BCUT2D eigenvalue weighted by molar-refractivity contribution is 5.83. The summed E-state index contributed by atoms with van der Waals surface area (Å²) in [5.41, 5.74) is 9.28. The number of hydrogen-bond acceptors (Lipinski definition) is 1. The summed E-state index contributed by atoms with van der Waals surface area (Å²) in [5, 5.41) is 0. The lowest BCUT2D eigenvalue weighted by atomic mass is 9.82. The second-order valence-corrected chi connectivity index (χ2v) is 8.61. The van der Waals surface area contributed by atoms with Crippen LogP contribution in [0.4, 0.5) is 0 Å². The van der Waals surface area contributed by atoms with Crippen LogP contribution in [0.15, 0.2) is 60.8 Å². The first-order chi connectivity index (χ1) is 11.8. The van der Waals surface area contributed by atoms with Gasteiger partial charge in [0.1, 0.15) is 0 Å². The number of hydrogen-bond donors (Lipinski definition) is 0. The van der Waals surface area contributed by atoms with Crippen LogP contribution in [0.5, 0.6) is 0 Å². The Morgan fingerprint density at radius 1 is 0.800 bits per heavy atom. The fraction of sp³-hybridized carbons (Fsp3) is 0.292. The van der Waals surface area contributed by atoms with Crippen LogP contribution in [0.3, 0.4) is 0 Å². The molecule has 1 aliphatic carbocycles. The molecule has 1 heterocycles. The predicted octanol–water partition coefficient (Wildman–Crippen LogP) is 6.35. The molecule has 0 atom stereocenters. The van der Waals surface area contributed by atoms with Gasteiger partial charge >= 0.3 is 0 Å². The molecule has 0 saturated heterocycles. The Kier molecular flexibility index (Phi) is 3.40. The zero-order valence-electron chi connectivity index (χ0n) is 15.7. The van der Waals surface area contributed by atoms with Crippen LogP contribution < -0.4 is 0 Å². The molecule has 0 saturated carbocycles. The van der Waals surface area contributed by atoms with Crippen molar-refractivity contribution in [2.75, 3.05) is 0 Å². The highest BCUT2D eigenvalue weighted by Gasteiger charge is 2.35. The van der Waals surface area contributed by atoms with E-state index in [2.05, 4.69) is 94.2 Å². The number of pyridine rings is 1. The molecule has 0 amide bonds. The fourth-order valence-corrected chi connectivity index (χ4v) is 3.93.